The van der Waals surface area contributed by atoms with Gasteiger partial charge in [0.05, 0.1) is 6.04 Å². The van der Waals surface area contributed by atoms with Gasteiger partial charge >= 0.3 is 12.1 Å². The largest absolute Gasteiger partial charge is 0.444 e. The molecule has 0 saturated carbocycles. The Hall–Kier alpha value is -2.24. The van der Waals surface area contributed by atoms with Crippen LogP contribution in [-0.4, -0.2) is 41.3 Å². The van der Waals surface area contributed by atoms with Crippen molar-refractivity contribution in [3.05, 3.63) is 29.8 Å². The Bertz CT molecular complexity index is 639. The number of alkyl carbamates (subject to hydrolysis) is 1. The van der Waals surface area contributed by atoms with Crippen LogP contribution in [0.3, 0.4) is 0 Å². The molecule has 0 radical (unpaired) electrons. The van der Waals surface area contributed by atoms with Crippen molar-refractivity contribution in [3.8, 4) is 0 Å². The number of nitrogens with zero attached hydrogens (tertiary/aromatic N) is 1. The number of hydrogen-bond donors (Lipinski definition) is 2. The standard InChI is InChI=1S/C20H31N3O3/c1-14-9-8-10-16(13-14)22-18(24)23-12-7-6-11-17(23)15(2)21-19(25)26-20(3,4)5/h8-10,13,15,17H,6-7,11-12H2,1-5H3,(H,21,25)(H,22,24)/t15-,17-/m1/s1. The molecule has 1 fully saturated rings. The molecule has 1 aromatic carbocycles. The van der Waals surface area contributed by atoms with Gasteiger partial charge in [-0.05, 0) is 71.6 Å². The molecule has 1 saturated heterocycles. The maximum Gasteiger partial charge on any atom is 0.407 e. The highest BCUT2D eigenvalue weighted by atomic mass is 16.6. The van der Waals surface area contributed by atoms with Crippen molar-refractivity contribution < 1.29 is 14.3 Å². The molecule has 0 spiro atoms. The summed E-state index contributed by atoms with van der Waals surface area (Å²) in [5.41, 5.74) is 1.34. The van der Waals surface area contributed by atoms with Gasteiger partial charge in [-0.2, -0.15) is 0 Å². The van der Waals surface area contributed by atoms with Crippen molar-refractivity contribution in [2.75, 3.05) is 11.9 Å². The van der Waals surface area contributed by atoms with Crippen LogP contribution < -0.4 is 10.6 Å². The number of anilines is 1. The average molecular weight is 361 g/mol. The van der Waals surface area contributed by atoms with Crippen LogP contribution in [0.4, 0.5) is 15.3 Å². The molecule has 3 amide bonds. The van der Waals surface area contributed by atoms with E-state index in [9.17, 15) is 9.59 Å². The molecule has 2 atom stereocenters. The Morgan fingerprint density at radius 1 is 1.27 bits per heavy atom. The maximum absolute atomic E-state index is 12.8. The van der Waals surface area contributed by atoms with E-state index >= 15 is 0 Å². The van der Waals surface area contributed by atoms with Crippen LogP contribution in [0.2, 0.25) is 0 Å². The second kappa shape index (κ2) is 8.43. The molecule has 1 aliphatic rings. The van der Waals surface area contributed by atoms with Crippen LogP contribution in [0.25, 0.3) is 0 Å². The van der Waals surface area contributed by atoms with Gasteiger partial charge in [-0.25, -0.2) is 9.59 Å². The van der Waals surface area contributed by atoms with E-state index in [1.165, 1.54) is 0 Å². The molecular formula is C20H31N3O3. The summed E-state index contributed by atoms with van der Waals surface area (Å²) in [7, 11) is 0. The van der Waals surface area contributed by atoms with Gasteiger partial charge in [0.1, 0.15) is 5.60 Å². The maximum atomic E-state index is 12.8. The molecule has 1 heterocycles. The molecule has 0 bridgehead atoms. The Morgan fingerprint density at radius 2 is 2.00 bits per heavy atom. The number of carbonyl (C=O) groups excluding carboxylic acids is 2. The average Bonchev–Trinajstić information content (AvgIpc) is 2.53. The lowest BCUT2D eigenvalue weighted by Gasteiger charge is -2.39. The predicted molar refractivity (Wildman–Crippen MR) is 103 cm³/mol. The SMILES string of the molecule is Cc1cccc(NC(=O)N2CCCC[C@@H]2[C@@H](C)NC(=O)OC(C)(C)C)c1. The second-order valence-electron chi connectivity index (χ2n) is 7.99. The summed E-state index contributed by atoms with van der Waals surface area (Å²) in [6.07, 6.45) is 2.42. The van der Waals surface area contributed by atoms with E-state index in [1.807, 2.05) is 63.8 Å². The number of ether oxygens (including phenoxy) is 1. The van der Waals surface area contributed by atoms with E-state index in [0.29, 0.717) is 6.54 Å². The highest BCUT2D eigenvalue weighted by Crippen LogP contribution is 2.22. The van der Waals surface area contributed by atoms with E-state index in [2.05, 4.69) is 10.6 Å². The number of urea groups is 1. The summed E-state index contributed by atoms with van der Waals surface area (Å²) in [6, 6.07) is 7.37. The van der Waals surface area contributed by atoms with E-state index < -0.39 is 11.7 Å². The van der Waals surface area contributed by atoms with Gasteiger partial charge < -0.3 is 20.3 Å². The molecule has 0 aromatic heterocycles. The van der Waals surface area contributed by atoms with Gasteiger partial charge in [0.15, 0.2) is 0 Å². The van der Waals surface area contributed by atoms with E-state index in [1.54, 1.807) is 0 Å². The first-order valence-electron chi connectivity index (χ1n) is 9.29. The van der Waals surface area contributed by atoms with Gasteiger partial charge in [-0.15, -0.1) is 0 Å². The Morgan fingerprint density at radius 3 is 2.65 bits per heavy atom. The number of likely N-dealkylation sites (tertiary alicyclic amines) is 1. The normalized spacial score (nSPS) is 18.8. The number of aryl methyl sites for hydroxylation is 1. The monoisotopic (exact) mass is 361 g/mol. The van der Waals surface area contributed by atoms with Gasteiger partial charge in [-0.1, -0.05) is 12.1 Å². The summed E-state index contributed by atoms with van der Waals surface area (Å²) in [5, 5.41) is 5.85. The topological polar surface area (TPSA) is 70.7 Å². The minimum absolute atomic E-state index is 0.0546. The van der Waals surface area contributed by atoms with E-state index in [-0.39, 0.29) is 18.1 Å². The molecule has 0 aliphatic carbocycles. The summed E-state index contributed by atoms with van der Waals surface area (Å²) in [4.78, 5) is 26.7. The van der Waals surface area contributed by atoms with Crippen LogP contribution in [0.15, 0.2) is 24.3 Å². The number of amides is 3. The van der Waals surface area contributed by atoms with Gasteiger partial charge in [0, 0.05) is 18.3 Å². The highest BCUT2D eigenvalue weighted by molar-refractivity contribution is 5.89. The highest BCUT2D eigenvalue weighted by Gasteiger charge is 2.32. The zero-order valence-electron chi connectivity index (χ0n) is 16.5. The predicted octanol–water partition coefficient (Wildman–Crippen LogP) is 4.29. The summed E-state index contributed by atoms with van der Waals surface area (Å²) >= 11 is 0. The van der Waals surface area contributed by atoms with Gasteiger partial charge in [0.25, 0.3) is 0 Å². The lowest BCUT2D eigenvalue weighted by atomic mass is 9.97. The summed E-state index contributed by atoms with van der Waals surface area (Å²) in [5.74, 6) is 0. The molecule has 6 nitrogen and oxygen atoms in total. The molecule has 26 heavy (non-hydrogen) atoms. The second-order valence-corrected chi connectivity index (χ2v) is 7.99. The zero-order chi connectivity index (χ0) is 19.3. The van der Waals surface area contributed by atoms with E-state index in [4.69, 9.17) is 4.74 Å². The van der Waals surface area contributed by atoms with Crippen LogP contribution in [0, 0.1) is 6.92 Å². The molecular weight excluding hydrogens is 330 g/mol. The van der Waals surface area contributed by atoms with Crippen molar-refractivity contribution in [2.45, 2.75) is 71.6 Å². The number of nitrogens with one attached hydrogen (secondary N) is 2. The molecule has 2 N–H and O–H groups in total. The Balaban J connectivity index is 2.01. The number of hydrogen-bond acceptors (Lipinski definition) is 3. The lowest BCUT2D eigenvalue weighted by molar-refractivity contribution is 0.0465. The van der Waals surface area contributed by atoms with Crippen molar-refractivity contribution in [1.82, 2.24) is 10.2 Å². The third-order valence-corrected chi connectivity index (χ3v) is 4.40. The van der Waals surface area contributed by atoms with Crippen molar-refractivity contribution in [2.24, 2.45) is 0 Å². The van der Waals surface area contributed by atoms with Crippen molar-refractivity contribution in [3.63, 3.8) is 0 Å². The van der Waals surface area contributed by atoms with Gasteiger partial charge in [0.2, 0.25) is 0 Å². The fourth-order valence-electron chi connectivity index (χ4n) is 3.24. The molecule has 6 heteroatoms. The Labute approximate surface area is 156 Å². The Kier molecular flexibility index (Phi) is 6.51. The molecule has 1 aliphatic heterocycles. The fourth-order valence-corrected chi connectivity index (χ4v) is 3.24. The van der Waals surface area contributed by atoms with E-state index in [0.717, 1.165) is 30.5 Å². The minimum Gasteiger partial charge on any atom is -0.444 e. The molecule has 144 valence electrons. The quantitative estimate of drug-likeness (QED) is 0.843. The van der Waals surface area contributed by atoms with Gasteiger partial charge in [-0.3, -0.25) is 0 Å². The van der Waals surface area contributed by atoms with Crippen LogP contribution in [0.5, 0.6) is 0 Å². The van der Waals surface area contributed by atoms with Crippen molar-refractivity contribution in [1.29, 1.82) is 0 Å². The first-order valence-corrected chi connectivity index (χ1v) is 9.29. The number of rotatable bonds is 3. The number of benzene rings is 1. The number of piperidine rings is 1. The van der Waals surface area contributed by atoms with Crippen LogP contribution in [-0.2, 0) is 4.74 Å². The minimum atomic E-state index is -0.543. The third kappa shape index (κ3) is 5.93. The summed E-state index contributed by atoms with van der Waals surface area (Å²) < 4.78 is 5.33. The van der Waals surface area contributed by atoms with Crippen LogP contribution >= 0.6 is 0 Å². The smallest absolute Gasteiger partial charge is 0.407 e. The molecule has 1 aromatic rings. The fraction of sp³-hybridized carbons (Fsp3) is 0.600. The first kappa shape index (κ1) is 20.1. The first-order chi connectivity index (χ1) is 12.2. The molecule has 2 rings (SSSR count). The van der Waals surface area contributed by atoms with Crippen LogP contribution in [0.1, 0.15) is 52.5 Å². The lowest BCUT2D eigenvalue weighted by Crippen LogP contribution is -2.55. The number of carbonyl (C=O) groups is 2. The molecule has 0 unspecified atom stereocenters. The third-order valence-electron chi connectivity index (χ3n) is 4.40. The summed E-state index contributed by atoms with van der Waals surface area (Å²) in [6.45, 7) is 10.1. The van der Waals surface area contributed by atoms with Crippen molar-refractivity contribution >= 4 is 17.8 Å². The zero-order valence-corrected chi connectivity index (χ0v) is 16.5.